The van der Waals surface area contributed by atoms with Gasteiger partial charge in [0, 0.05) is 12.0 Å². The van der Waals surface area contributed by atoms with Gasteiger partial charge in [-0.3, -0.25) is 4.79 Å². The molecule has 0 saturated carbocycles. The van der Waals surface area contributed by atoms with Crippen LogP contribution in [0.3, 0.4) is 0 Å². The number of ketones is 1. The fourth-order valence-corrected chi connectivity index (χ4v) is 2.46. The second-order valence-electron chi connectivity index (χ2n) is 6.09. The minimum absolute atomic E-state index is 0.0987. The van der Waals surface area contributed by atoms with Crippen LogP contribution < -0.4 is 0 Å². The molecule has 0 unspecified atom stereocenters. The fourth-order valence-electron chi connectivity index (χ4n) is 2.46. The zero-order valence-electron chi connectivity index (χ0n) is 11.4. The minimum Gasteiger partial charge on any atom is -0.386 e. The lowest BCUT2D eigenvalue weighted by molar-refractivity contribution is 0.0712. The van der Waals surface area contributed by atoms with Crippen molar-refractivity contribution in [2.24, 2.45) is 0 Å². The van der Waals surface area contributed by atoms with Gasteiger partial charge in [0.15, 0.2) is 5.78 Å². The Morgan fingerprint density at radius 2 is 1.61 bits per heavy atom. The molecule has 0 aromatic heterocycles. The summed E-state index contributed by atoms with van der Waals surface area (Å²) in [6.45, 7) is 6.78. The predicted octanol–water partition coefficient (Wildman–Crippen LogP) is 2.27. The maximum Gasteiger partial charge on any atom is 0.163 e. The molecule has 0 fully saturated rings. The topological polar surface area (TPSA) is 57.5 Å². The SMILES string of the molecule is CC(C)(O)c1cc2c(c(C(C)(C)O)c1)CCC2=O. The maximum atomic E-state index is 11.9. The van der Waals surface area contributed by atoms with Crippen LogP contribution in [-0.4, -0.2) is 16.0 Å². The number of benzene rings is 1. The van der Waals surface area contributed by atoms with Crippen LogP contribution in [-0.2, 0) is 17.6 Å². The van der Waals surface area contributed by atoms with Gasteiger partial charge in [-0.05, 0) is 62.9 Å². The van der Waals surface area contributed by atoms with Crippen molar-refractivity contribution in [1.82, 2.24) is 0 Å². The first-order valence-corrected chi connectivity index (χ1v) is 6.26. The first kappa shape index (κ1) is 13.2. The lowest BCUT2D eigenvalue weighted by Crippen LogP contribution is -2.22. The molecule has 1 aliphatic carbocycles. The Kier molecular flexibility index (Phi) is 2.87. The highest BCUT2D eigenvalue weighted by Gasteiger charge is 2.31. The summed E-state index contributed by atoms with van der Waals surface area (Å²) in [6, 6.07) is 3.58. The first-order chi connectivity index (χ1) is 8.10. The van der Waals surface area contributed by atoms with Gasteiger partial charge in [-0.25, -0.2) is 0 Å². The van der Waals surface area contributed by atoms with Crippen molar-refractivity contribution in [1.29, 1.82) is 0 Å². The average Bonchev–Trinajstić information content (AvgIpc) is 2.56. The molecule has 2 N–H and O–H groups in total. The first-order valence-electron chi connectivity index (χ1n) is 6.26. The van der Waals surface area contributed by atoms with E-state index in [1.54, 1.807) is 33.8 Å². The Balaban J connectivity index is 2.71. The molecule has 0 amide bonds. The van der Waals surface area contributed by atoms with Crippen LogP contribution in [0.2, 0.25) is 0 Å². The third kappa shape index (κ3) is 2.20. The van der Waals surface area contributed by atoms with Gasteiger partial charge < -0.3 is 10.2 Å². The van der Waals surface area contributed by atoms with Crippen LogP contribution in [0.15, 0.2) is 12.1 Å². The maximum absolute atomic E-state index is 11.9. The second kappa shape index (κ2) is 3.90. The molecule has 0 radical (unpaired) electrons. The van der Waals surface area contributed by atoms with Crippen LogP contribution in [0, 0.1) is 0 Å². The van der Waals surface area contributed by atoms with E-state index in [9.17, 15) is 15.0 Å². The van der Waals surface area contributed by atoms with Crippen LogP contribution in [0.5, 0.6) is 0 Å². The number of aliphatic hydroxyl groups is 2. The molecule has 0 saturated heterocycles. The van der Waals surface area contributed by atoms with E-state index in [1.807, 2.05) is 6.07 Å². The molecule has 0 heterocycles. The summed E-state index contributed by atoms with van der Waals surface area (Å²) in [4.78, 5) is 11.9. The van der Waals surface area contributed by atoms with Gasteiger partial charge in [0.1, 0.15) is 0 Å². The zero-order chi connectivity index (χ0) is 13.7. The standard InChI is InChI=1S/C15H20O3/c1-14(2,17)9-7-11-10(5-6-13(11)16)12(8-9)15(3,4)18/h7-8,17-18H,5-6H2,1-4H3. The summed E-state index contributed by atoms with van der Waals surface area (Å²) in [5.41, 5.74) is 0.997. The molecule has 1 aliphatic rings. The quantitative estimate of drug-likeness (QED) is 0.844. The Hall–Kier alpha value is -1.19. The predicted molar refractivity (Wildman–Crippen MR) is 69.6 cm³/mol. The molecule has 0 bridgehead atoms. The Morgan fingerprint density at radius 3 is 2.11 bits per heavy atom. The van der Waals surface area contributed by atoms with Crippen LogP contribution in [0.25, 0.3) is 0 Å². The third-order valence-corrected chi connectivity index (χ3v) is 3.52. The van der Waals surface area contributed by atoms with Gasteiger partial charge in [0.25, 0.3) is 0 Å². The molecule has 0 spiro atoms. The number of carbonyl (C=O) groups is 1. The summed E-state index contributed by atoms with van der Waals surface area (Å²) in [6.07, 6.45) is 1.17. The molecule has 3 heteroatoms. The minimum atomic E-state index is -1.02. The highest BCUT2D eigenvalue weighted by atomic mass is 16.3. The Morgan fingerprint density at radius 1 is 1.00 bits per heavy atom. The normalized spacial score (nSPS) is 16.0. The number of hydrogen-bond acceptors (Lipinski definition) is 3. The average molecular weight is 248 g/mol. The Labute approximate surface area is 107 Å². The van der Waals surface area contributed by atoms with Crippen molar-refractivity contribution in [3.63, 3.8) is 0 Å². The molecule has 0 aliphatic heterocycles. The van der Waals surface area contributed by atoms with E-state index >= 15 is 0 Å². The van der Waals surface area contributed by atoms with Gasteiger partial charge in [-0.2, -0.15) is 0 Å². The van der Waals surface area contributed by atoms with Crippen molar-refractivity contribution >= 4 is 5.78 Å². The largest absolute Gasteiger partial charge is 0.386 e. The summed E-state index contributed by atoms with van der Waals surface area (Å²) in [5.74, 6) is 0.0987. The van der Waals surface area contributed by atoms with Gasteiger partial charge in [0.05, 0.1) is 11.2 Å². The summed E-state index contributed by atoms with van der Waals surface area (Å²) >= 11 is 0. The van der Waals surface area contributed by atoms with Crippen molar-refractivity contribution < 1.29 is 15.0 Å². The van der Waals surface area contributed by atoms with Crippen molar-refractivity contribution in [2.75, 3.05) is 0 Å². The number of carbonyl (C=O) groups excluding carboxylic acids is 1. The molecule has 0 atom stereocenters. The molecular formula is C15H20O3. The molecule has 2 rings (SSSR count). The molecule has 1 aromatic rings. The third-order valence-electron chi connectivity index (χ3n) is 3.52. The highest BCUT2D eigenvalue weighted by molar-refractivity contribution is 6.01. The molecule has 1 aromatic carbocycles. The van der Waals surface area contributed by atoms with Gasteiger partial charge in [0.2, 0.25) is 0 Å². The second-order valence-corrected chi connectivity index (χ2v) is 6.09. The van der Waals surface area contributed by atoms with E-state index in [-0.39, 0.29) is 5.78 Å². The number of fused-ring (bicyclic) bond motifs is 1. The van der Waals surface area contributed by atoms with E-state index < -0.39 is 11.2 Å². The summed E-state index contributed by atoms with van der Waals surface area (Å²) < 4.78 is 0. The van der Waals surface area contributed by atoms with Crippen LogP contribution in [0.1, 0.15) is 61.2 Å². The lowest BCUT2D eigenvalue weighted by atomic mass is 9.85. The zero-order valence-corrected chi connectivity index (χ0v) is 11.4. The number of rotatable bonds is 2. The molecular weight excluding hydrogens is 228 g/mol. The van der Waals surface area contributed by atoms with Crippen molar-refractivity contribution in [3.05, 3.63) is 34.4 Å². The smallest absolute Gasteiger partial charge is 0.163 e. The molecule has 98 valence electrons. The van der Waals surface area contributed by atoms with Crippen molar-refractivity contribution in [2.45, 2.75) is 51.7 Å². The monoisotopic (exact) mass is 248 g/mol. The summed E-state index contributed by atoms with van der Waals surface area (Å²) in [5, 5.41) is 20.3. The fraction of sp³-hybridized carbons (Fsp3) is 0.533. The van der Waals surface area contributed by atoms with Crippen LogP contribution >= 0.6 is 0 Å². The summed E-state index contributed by atoms with van der Waals surface area (Å²) in [7, 11) is 0. The molecule has 18 heavy (non-hydrogen) atoms. The van der Waals surface area contributed by atoms with E-state index in [0.29, 0.717) is 24.0 Å². The highest BCUT2D eigenvalue weighted by Crippen LogP contribution is 2.36. The van der Waals surface area contributed by atoms with Gasteiger partial charge in [-0.15, -0.1) is 0 Å². The van der Waals surface area contributed by atoms with Crippen molar-refractivity contribution in [3.8, 4) is 0 Å². The van der Waals surface area contributed by atoms with E-state index in [4.69, 9.17) is 0 Å². The van der Waals surface area contributed by atoms with E-state index in [1.165, 1.54) is 0 Å². The van der Waals surface area contributed by atoms with E-state index in [2.05, 4.69) is 0 Å². The Bertz CT molecular complexity index is 502. The lowest BCUT2D eigenvalue weighted by Gasteiger charge is -2.26. The van der Waals surface area contributed by atoms with Crippen LogP contribution in [0.4, 0.5) is 0 Å². The van der Waals surface area contributed by atoms with E-state index in [0.717, 1.165) is 11.1 Å². The molecule has 3 nitrogen and oxygen atoms in total. The van der Waals surface area contributed by atoms with Gasteiger partial charge in [-0.1, -0.05) is 0 Å². The number of Topliss-reactive ketones (excluding diaryl/α,β-unsaturated/α-hetero) is 1. The van der Waals surface area contributed by atoms with Gasteiger partial charge >= 0.3 is 0 Å². The number of hydrogen-bond donors (Lipinski definition) is 2.